The Hall–Kier alpha value is -2.96. The second-order valence-electron chi connectivity index (χ2n) is 5.31. The summed E-state index contributed by atoms with van der Waals surface area (Å²) in [6.07, 6.45) is 3.39. The number of fused-ring (bicyclic) bond motifs is 2. The monoisotopic (exact) mass is 294 g/mol. The molecule has 7 nitrogen and oxygen atoms in total. The summed E-state index contributed by atoms with van der Waals surface area (Å²) < 4.78 is 1.86. The third kappa shape index (κ3) is 2.07. The lowest BCUT2D eigenvalue weighted by Gasteiger charge is -2.15. The lowest BCUT2D eigenvalue weighted by molar-refractivity contribution is -0.132. The van der Waals surface area contributed by atoms with Crippen LogP contribution < -0.4 is 5.73 Å². The van der Waals surface area contributed by atoms with Gasteiger partial charge in [0.15, 0.2) is 0 Å². The van der Waals surface area contributed by atoms with Gasteiger partial charge >= 0.3 is 0 Å². The maximum absolute atomic E-state index is 12.5. The molecule has 1 aliphatic rings. The van der Waals surface area contributed by atoms with Gasteiger partial charge in [-0.1, -0.05) is 12.1 Å². The Morgan fingerprint density at radius 3 is 3.00 bits per heavy atom. The summed E-state index contributed by atoms with van der Waals surface area (Å²) in [4.78, 5) is 26.7. The van der Waals surface area contributed by atoms with Crippen LogP contribution in [0.25, 0.3) is 11.0 Å². The molecule has 110 valence electrons. The lowest BCUT2D eigenvalue weighted by atomic mass is 10.3. The number of nitrogens with zero attached hydrogens (tertiary/aromatic N) is 5. The zero-order chi connectivity index (χ0) is 15.1. The van der Waals surface area contributed by atoms with Crippen LogP contribution in [0.5, 0.6) is 0 Å². The molecule has 0 bridgehead atoms. The van der Waals surface area contributed by atoms with Gasteiger partial charge in [-0.05, 0) is 12.1 Å². The van der Waals surface area contributed by atoms with E-state index in [2.05, 4.69) is 15.0 Å². The highest BCUT2D eigenvalue weighted by Crippen LogP contribution is 2.21. The van der Waals surface area contributed by atoms with Crippen molar-refractivity contribution in [3.63, 3.8) is 0 Å². The molecule has 1 amide bonds. The average molecular weight is 294 g/mol. The van der Waals surface area contributed by atoms with Gasteiger partial charge in [-0.3, -0.25) is 4.79 Å². The summed E-state index contributed by atoms with van der Waals surface area (Å²) in [5.41, 5.74) is 9.22. The molecule has 0 saturated carbocycles. The minimum Gasteiger partial charge on any atom is -0.368 e. The molecule has 2 aromatic heterocycles. The number of aromatic nitrogens is 4. The minimum atomic E-state index is 0.0275. The standard InChI is InChI=1S/C15H14N6O/c16-15-17-5-10-6-20(7-12(10)19-15)14(22)8-21-9-18-11-3-1-2-4-13(11)21/h1-5,9H,6-8H2,(H2,16,17,19). The molecule has 3 heterocycles. The molecule has 0 radical (unpaired) electrons. The first-order valence-electron chi connectivity index (χ1n) is 6.98. The van der Waals surface area contributed by atoms with Crippen LogP contribution in [0, 0.1) is 0 Å². The fraction of sp³-hybridized carbons (Fsp3) is 0.200. The van der Waals surface area contributed by atoms with Crippen molar-refractivity contribution in [2.24, 2.45) is 0 Å². The Balaban J connectivity index is 1.54. The van der Waals surface area contributed by atoms with Crippen molar-refractivity contribution in [1.82, 2.24) is 24.4 Å². The number of hydrogen-bond acceptors (Lipinski definition) is 5. The van der Waals surface area contributed by atoms with Gasteiger partial charge in [-0.15, -0.1) is 0 Å². The van der Waals surface area contributed by atoms with E-state index in [4.69, 9.17) is 5.73 Å². The number of carbonyl (C=O) groups excluding carboxylic acids is 1. The smallest absolute Gasteiger partial charge is 0.243 e. The van der Waals surface area contributed by atoms with E-state index < -0.39 is 0 Å². The normalized spacial score (nSPS) is 13.5. The Bertz CT molecular complexity index is 871. The fourth-order valence-electron chi connectivity index (χ4n) is 2.73. The third-order valence-corrected chi connectivity index (χ3v) is 3.86. The predicted octanol–water partition coefficient (Wildman–Crippen LogP) is 0.951. The minimum absolute atomic E-state index is 0.0275. The molecule has 0 unspecified atom stereocenters. The second-order valence-corrected chi connectivity index (χ2v) is 5.31. The molecule has 3 aromatic rings. The van der Waals surface area contributed by atoms with Crippen LogP contribution in [0.3, 0.4) is 0 Å². The van der Waals surface area contributed by atoms with E-state index in [9.17, 15) is 4.79 Å². The van der Waals surface area contributed by atoms with Crippen LogP contribution in [0.1, 0.15) is 11.3 Å². The Morgan fingerprint density at radius 2 is 2.09 bits per heavy atom. The summed E-state index contributed by atoms with van der Waals surface area (Å²) in [5.74, 6) is 0.272. The van der Waals surface area contributed by atoms with E-state index in [0.29, 0.717) is 13.1 Å². The van der Waals surface area contributed by atoms with Crippen molar-refractivity contribution in [3.05, 3.63) is 48.0 Å². The second kappa shape index (κ2) is 4.80. The summed E-state index contributed by atoms with van der Waals surface area (Å²) in [5, 5.41) is 0. The number of hydrogen-bond donors (Lipinski definition) is 1. The number of nitrogen functional groups attached to an aromatic ring is 1. The Kier molecular flexibility index (Phi) is 2.78. The number of imidazole rings is 1. The quantitative estimate of drug-likeness (QED) is 0.760. The molecule has 22 heavy (non-hydrogen) atoms. The third-order valence-electron chi connectivity index (χ3n) is 3.86. The maximum Gasteiger partial charge on any atom is 0.243 e. The topological polar surface area (TPSA) is 89.9 Å². The largest absolute Gasteiger partial charge is 0.368 e. The van der Waals surface area contributed by atoms with Crippen molar-refractivity contribution in [1.29, 1.82) is 0 Å². The number of anilines is 1. The lowest BCUT2D eigenvalue weighted by Crippen LogP contribution is -2.29. The Morgan fingerprint density at radius 1 is 1.23 bits per heavy atom. The van der Waals surface area contributed by atoms with Gasteiger partial charge in [-0.2, -0.15) is 0 Å². The van der Waals surface area contributed by atoms with Crippen molar-refractivity contribution in [2.45, 2.75) is 19.6 Å². The molecule has 1 aliphatic heterocycles. The van der Waals surface area contributed by atoms with Crippen LogP contribution in [-0.4, -0.2) is 30.3 Å². The van der Waals surface area contributed by atoms with Gasteiger partial charge in [0.2, 0.25) is 11.9 Å². The summed E-state index contributed by atoms with van der Waals surface area (Å²) in [7, 11) is 0. The number of benzene rings is 1. The van der Waals surface area contributed by atoms with E-state index in [1.165, 1.54) is 0 Å². The van der Waals surface area contributed by atoms with Gasteiger partial charge in [0.1, 0.15) is 6.54 Å². The predicted molar refractivity (Wildman–Crippen MR) is 80.4 cm³/mol. The number of rotatable bonds is 2. The highest BCUT2D eigenvalue weighted by atomic mass is 16.2. The molecule has 4 rings (SSSR count). The van der Waals surface area contributed by atoms with E-state index in [-0.39, 0.29) is 18.4 Å². The summed E-state index contributed by atoms with van der Waals surface area (Å²) in [6.45, 7) is 1.27. The van der Waals surface area contributed by atoms with Crippen molar-refractivity contribution >= 4 is 22.9 Å². The van der Waals surface area contributed by atoms with Crippen molar-refractivity contribution < 1.29 is 4.79 Å². The highest BCUT2D eigenvalue weighted by Gasteiger charge is 2.25. The number of para-hydroxylation sites is 2. The van der Waals surface area contributed by atoms with Crippen LogP contribution in [0.4, 0.5) is 5.95 Å². The van der Waals surface area contributed by atoms with Crippen LogP contribution in [0.2, 0.25) is 0 Å². The first kappa shape index (κ1) is 12.8. The van der Waals surface area contributed by atoms with Crippen molar-refractivity contribution in [3.8, 4) is 0 Å². The molecule has 0 spiro atoms. The average Bonchev–Trinajstić information content (AvgIpc) is 3.11. The molecule has 0 atom stereocenters. The van der Waals surface area contributed by atoms with Crippen molar-refractivity contribution in [2.75, 3.05) is 5.73 Å². The van der Waals surface area contributed by atoms with Gasteiger partial charge in [-0.25, -0.2) is 15.0 Å². The van der Waals surface area contributed by atoms with E-state index in [1.807, 2.05) is 28.8 Å². The van der Waals surface area contributed by atoms with Crippen LogP contribution in [-0.2, 0) is 24.4 Å². The maximum atomic E-state index is 12.5. The zero-order valence-corrected chi connectivity index (χ0v) is 11.8. The summed E-state index contributed by atoms with van der Waals surface area (Å²) in [6, 6.07) is 7.76. The van der Waals surface area contributed by atoms with E-state index >= 15 is 0 Å². The Labute approximate surface area is 126 Å². The fourth-order valence-corrected chi connectivity index (χ4v) is 2.73. The molecular formula is C15H14N6O. The molecule has 0 fully saturated rings. The number of nitrogens with two attached hydrogens (primary N) is 1. The van der Waals surface area contributed by atoms with Gasteiger partial charge in [0, 0.05) is 18.3 Å². The van der Waals surface area contributed by atoms with Gasteiger partial charge in [0.25, 0.3) is 0 Å². The molecule has 0 aliphatic carbocycles. The van der Waals surface area contributed by atoms with Crippen LogP contribution >= 0.6 is 0 Å². The van der Waals surface area contributed by atoms with Gasteiger partial charge < -0.3 is 15.2 Å². The first-order chi connectivity index (χ1) is 10.7. The highest BCUT2D eigenvalue weighted by molar-refractivity contribution is 5.80. The molecular weight excluding hydrogens is 280 g/mol. The molecule has 2 N–H and O–H groups in total. The van der Waals surface area contributed by atoms with Crippen LogP contribution in [0.15, 0.2) is 36.8 Å². The van der Waals surface area contributed by atoms with Gasteiger partial charge in [0.05, 0.1) is 29.6 Å². The van der Waals surface area contributed by atoms with E-state index in [0.717, 1.165) is 22.3 Å². The number of carbonyl (C=O) groups is 1. The molecule has 0 saturated heterocycles. The summed E-state index contributed by atoms with van der Waals surface area (Å²) >= 11 is 0. The first-order valence-corrected chi connectivity index (χ1v) is 6.98. The number of amides is 1. The van der Waals surface area contributed by atoms with E-state index in [1.54, 1.807) is 17.4 Å². The molecule has 7 heteroatoms. The molecule has 1 aromatic carbocycles. The zero-order valence-electron chi connectivity index (χ0n) is 11.8. The SMILES string of the molecule is Nc1ncc2c(n1)CN(C(=O)Cn1cnc3ccccc31)C2.